The lowest BCUT2D eigenvalue weighted by molar-refractivity contribution is 0.0943. The Hall–Kier alpha value is -4.20. The van der Waals surface area contributed by atoms with E-state index in [-0.39, 0.29) is 17.7 Å². The monoisotopic (exact) mass is 455 g/mol. The van der Waals surface area contributed by atoms with E-state index >= 15 is 0 Å². The van der Waals surface area contributed by atoms with E-state index in [2.05, 4.69) is 37.9 Å². The molecule has 1 aliphatic rings. The van der Waals surface area contributed by atoms with Gasteiger partial charge in [-0.25, -0.2) is 4.98 Å². The van der Waals surface area contributed by atoms with Gasteiger partial charge in [-0.3, -0.25) is 14.7 Å². The molecule has 0 radical (unpaired) electrons. The molecule has 172 valence electrons. The van der Waals surface area contributed by atoms with Crippen molar-refractivity contribution >= 4 is 22.7 Å². The van der Waals surface area contributed by atoms with Gasteiger partial charge in [-0.2, -0.15) is 5.10 Å². The van der Waals surface area contributed by atoms with Crippen molar-refractivity contribution in [3.63, 3.8) is 0 Å². The summed E-state index contributed by atoms with van der Waals surface area (Å²) in [4.78, 5) is 29.4. The van der Waals surface area contributed by atoms with Gasteiger partial charge in [-0.05, 0) is 47.6 Å². The number of nitrogens with one attached hydrogen (secondary N) is 3. The maximum absolute atomic E-state index is 13.0. The summed E-state index contributed by atoms with van der Waals surface area (Å²) in [6.07, 6.45) is 2.74. The molecule has 5 rings (SSSR count). The fourth-order valence-corrected chi connectivity index (χ4v) is 4.33. The fraction of sp³-hybridized carbons (Fsp3) is 0.231. The quantitative estimate of drug-likeness (QED) is 0.395. The number of fused-ring (bicyclic) bond motifs is 1. The molecule has 1 fully saturated rings. The Balaban J connectivity index is 1.34. The highest BCUT2D eigenvalue weighted by atomic mass is 16.5. The van der Waals surface area contributed by atoms with Crippen LogP contribution in [0.1, 0.15) is 38.7 Å². The van der Waals surface area contributed by atoms with E-state index in [0.717, 1.165) is 28.5 Å². The lowest BCUT2D eigenvalue weighted by Gasteiger charge is -2.11. The van der Waals surface area contributed by atoms with Crippen molar-refractivity contribution in [1.29, 1.82) is 0 Å². The van der Waals surface area contributed by atoms with Crippen LogP contribution in [0.4, 0.5) is 0 Å². The number of aromatic amines is 1. The molecule has 0 saturated heterocycles. The van der Waals surface area contributed by atoms with Crippen LogP contribution >= 0.6 is 0 Å². The van der Waals surface area contributed by atoms with Gasteiger partial charge >= 0.3 is 0 Å². The number of carbonyl (C=O) groups excluding carboxylic acids is 2. The average Bonchev–Trinajstić information content (AvgIpc) is 3.55. The van der Waals surface area contributed by atoms with Gasteiger partial charge in [0.05, 0.1) is 12.6 Å². The Kier molecular flexibility index (Phi) is 5.71. The SMILES string of the molecule is CNC(=O)c1n[nH]c2cc(-c3cnc(OC)c(C(=O)NC[C@H]4C[C@H]4c4ccccc4)c3)ccc12. The summed E-state index contributed by atoms with van der Waals surface area (Å²) in [7, 11) is 3.07. The van der Waals surface area contributed by atoms with Crippen LogP contribution in [0.3, 0.4) is 0 Å². The van der Waals surface area contributed by atoms with Crippen molar-refractivity contribution < 1.29 is 14.3 Å². The van der Waals surface area contributed by atoms with Crippen LogP contribution in [-0.4, -0.2) is 47.7 Å². The summed E-state index contributed by atoms with van der Waals surface area (Å²) in [5.74, 6) is 0.740. The number of hydrogen-bond donors (Lipinski definition) is 3. The Labute approximate surface area is 196 Å². The second kappa shape index (κ2) is 8.97. The maximum Gasteiger partial charge on any atom is 0.272 e. The maximum atomic E-state index is 13.0. The van der Waals surface area contributed by atoms with Crippen molar-refractivity contribution in [3.05, 3.63) is 77.6 Å². The molecule has 2 heterocycles. The smallest absolute Gasteiger partial charge is 0.272 e. The largest absolute Gasteiger partial charge is 0.480 e. The van der Waals surface area contributed by atoms with Crippen molar-refractivity contribution in [2.24, 2.45) is 5.92 Å². The van der Waals surface area contributed by atoms with Crippen molar-refractivity contribution in [2.75, 3.05) is 20.7 Å². The number of benzene rings is 2. The highest BCUT2D eigenvalue weighted by Crippen LogP contribution is 2.46. The molecule has 2 aromatic carbocycles. The standard InChI is InChI=1S/C26H25N5O3/c1-27-25(33)23-19-9-8-16(12-22(19)30-31-23)17-10-21(26(34-2)29-13-17)24(32)28-14-18-11-20(18)15-6-4-3-5-7-15/h3-10,12-13,18,20H,11,14H2,1-2H3,(H,27,33)(H,28,32)(H,30,31)/t18-,20+/m1/s1. The molecule has 1 aliphatic carbocycles. The van der Waals surface area contributed by atoms with E-state index in [0.29, 0.717) is 29.6 Å². The van der Waals surface area contributed by atoms with Gasteiger partial charge in [-0.15, -0.1) is 0 Å². The number of amides is 2. The van der Waals surface area contributed by atoms with Gasteiger partial charge in [0, 0.05) is 30.7 Å². The molecule has 0 unspecified atom stereocenters. The minimum Gasteiger partial charge on any atom is -0.480 e. The number of rotatable bonds is 7. The van der Waals surface area contributed by atoms with Crippen LogP contribution in [0.15, 0.2) is 60.8 Å². The zero-order valence-corrected chi connectivity index (χ0v) is 19.0. The van der Waals surface area contributed by atoms with Crippen LogP contribution in [0.25, 0.3) is 22.0 Å². The third-order valence-corrected chi connectivity index (χ3v) is 6.30. The molecule has 34 heavy (non-hydrogen) atoms. The number of methoxy groups -OCH3 is 1. The first kappa shape index (κ1) is 21.6. The number of ether oxygens (including phenoxy) is 1. The molecule has 2 amide bonds. The molecule has 8 heteroatoms. The minimum absolute atomic E-state index is 0.213. The number of pyridine rings is 1. The van der Waals surface area contributed by atoms with Gasteiger partial charge in [0.1, 0.15) is 5.56 Å². The van der Waals surface area contributed by atoms with Crippen LogP contribution in [0.5, 0.6) is 5.88 Å². The summed E-state index contributed by atoms with van der Waals surface area (Å²) in [5.41, 5.74) is 4.36. The Morgan fingerprint density at radius 1 is 1.09 bits per heavy atom. The summed E-state index contributed by atoms with van der Waals surface area (Å²) < 4.78 is 5.35. The predicted octanol–water partition coefficient (Wildman–Crippen LogP) is 3.53. The molecule has 0 spiro atoms. The van der Waals surface area contributed by atoms with E-state index in [9.17, 15) is 9.59 Å². The Morgan fingerprint density at radius 3 is 2.68 bits per heavy atom. The lowest BCUT2D eigenvalue weighted by atomic mass is 10.0. The van der Waals surface area contributed by atoms with E-state index in [4.69, 9.17) is 4.74 Å². The van der Waals surface area contributed by atoms with E-state index < -0.39 is 0 Å². The van der Waals surface area contributed by atoms with E-state index in [1.54, 1.807) is 19.3 Å². The highest BCUT2D eigenvalue weighted by molar-refractivity contribution is 6.05. The fourth-order valence-electron chi connectivity index (χ4n) is 4.33. The van der Waals surface area contributed by atoms with Gasteiger partial charge < -0.3 is 15.4 Å². The number of hydrogen-bond acceptors (Lipinski definition) is 5. The number of carbonyl (C=O) groups is 2. The number of H-pyrrole nitrogens is 1. The number of nitrogens with zero attached hydrogens (tertiary/aromatic N) is 2. The van der Waals surface area contributed by atoms with Gasteiger partial charge in [-0.1, -0.05) is 36.4 Å². The summed E-state index contributed by atoms with van der Waals surface area (Å²) in [6.45, 7) is 0.605. The topological polar surface area (TPSA) is 109 Å². The molecule has 4 aromatic rings. The van der Waals surface area contributed by atoms with E-state index in [1.165, 1.54) is 12.7 Å². The second-order valence-electron chi connectivity index (χ2n) is 8.42. The average molecular weight is 456 g/mol. The van der Waals surface area contributed by atoms with Gasteiger partial charge in [0.15, 0.2) is 5.69 Å². The van der Waals surface area contributed by atoms with Crippen LogP contribution in [0.2, 0.25) is 0 Å². The first-order valence-corrected chi connectivity index (χ1v) is 11.2. The first-order valence-electron chi connectivity index (χ1n) is 11.2. The predicted molar refractivity (Wildman–Crippen MR) is 129 cm³/mol. The molecule has 8 nitrogen and oxygen atoms in total. The summed E-state index contributed by atoms with van der Waals surface area (Å²) >= 11 is 0. The molecular formula is C26H25N5O3. The minimum atomic E-state index is -0.255. The van der Waals surface area contributed by atoms with E-state index in [1.807, 2.05) is 36.4 Å². The zero-order chi connectivity index (χ0) is 23.7. The van der Waals surface area contributed by atoms with Crippen LogP contribution in [0, 0.1) is 5.92 Å². The molecule has 2 aromatic heterocycles. The third kappa shape index (κ3) is 4.10. The lowest BCUT2D eigenvalue weighted by Crippen LogP contribution is -2.26. The van der Waals surface area contributed by atoms with Crippen LogP contribution < -0.4 is 15.4 Å². The Morgan fingerprint density at radius 2 is 1.91 bits per heavy atom. The van der Waals surface area contributed by atoms with Gasteiger partial charge in [0.25, 0.3) is 11.8 Å². The molecular weight excluding hydrogens is 430 g/mol. The Bertz CT molecular complexity index is 1370. The molecule has 3 N–H and O–H groups in total. The highest BCUT2D eigenvalue weighted by Gasteiger charge is 2.38. The summed E-state index contributed by atoms with van der Waals surface area (Å²) in [5, 5.41) is 13.4. The first-order chi connectivity index (χ1) is 16.6. The van der Waals surface area contributed by atoms with Crippen LogP contribution in [-0.2, 0) is 0 Å². The molecule has 1 saturated carbocycles. The van der Waals surface area contributed by atoms with Crippen molar-refractivity contribution in [2.45, 2.75) is 12.3 Å². The number of aromatic nitrogens is 3. The van der Waals surface area contributed by atoms with Crippen molar-refractivity contribution in [1.82, 2.24) is 25.8 Å². The third-order valence-electron chi connectivity index (χ3n) is 6.30. The molecule has 0 bridgehead atoms. The van der Waals surface area contributed by atoms with Gasteiger partial charge in [0.2, 0.25) is 5.88 Å². The summed E-state index contributed by atoms with van der Waals surface area (Å²) in [6, 6.07) is 17.8. The molecule has 2 atom stereocenters. The zero-order valence-electron chi connectivity index (χ0n) is 19.0. The normalized spacial score (nSPS) is 16.8. The second-order valence-corrected chi connectivity index (χ2v) is 8.42. The van der Waals surface area contributed by atoms with Crippen molar-refractivity contribution in [3.8, 4) is 17.0 Å². The molecule has 0 aliphatic heterocycles.